The van der Waals surface area contributed by atoms with Crippen LogP contribution in [0.4, 0.5) is 0 Å². The van der Waals surface area contributed by atoms with Crippen molar-refractivity contribution in [3.63, 3.8) is 0 Å². The van der Waals surface area contributed by atoms with Gasteiger partial charge in [-0.3, -0.25) is 9.59 Å². The number of nitrogens with one attached hydrogen (secondary N) is 2. The number of unbranched alkanes of at least 4 members (excludes halogenated alkanes) is 5. The van der Waals surface area contributed by atoms with Crippen LogP contribution >= 0.6 is 11.3 Å². The lowest BCUT2D eigenvalue weighted by Gasteiger charge is -2.20. The average Bonchev–Trinajstić information content (AvgIpc) is 3.05. The number of carbonyl (C=O) groups excluding carboxylic acids is 2. The number of thiophene rings is 1. The molecule has 0 bridgehead atoms. The fraction of sp³-hybridized carbons (Fsp3) is 0.647. The highest BCUT2D eigenvalue weighted by molar-refractivity contribution is 7.12. The van der Waals surface area contributed by atoms with Gasteiger partial charge in [0.05, 0.1) is 11.0 Å². The minimum Gasteiger partial charge on any atom is -0.391 e. The van der Waals surface area contributed by atoms with Gasteiger partial charge in [-0.2, -0.15) is 0 Å². The van der Waals surface area contributed by atoms with E-state index in [1.54, 1.807) is 17.5 Å². The molecule has 0 aliphatic rings. The quantitative estimate of drug-likeness (QED) is 0.542. The molecular weight excluding hydrogens is 312 g/mol. The molecule has 3 N–H and O–H groups in total. The molecule has 0 radical (unpaired) electrons. The third kappa shape index (κ3) is 7.61. The lowest BCUT2D eigenvalue weighted by Crippen LogP contribution is -2.52. The van der Waals surface area contributed by atoms with Crippen molar-refractivity contribution in [2.45, 2.75) is 64.5 Å². The van der Waals surface area contributed by atoms with Crippen molar-refractivity contribution >= 4 is 23.2 Å². The van der Waals surface area contributed by atoms with E-state index in [-0.39, 0.29) is 11.8 Å². The lowest BCUT2D eigenvalue weighted by atomic mass is 10.1. The van der Waals surface area contributed by atoms with Crippen molar-refractivity contribution in [3.8, 4) is 0 Å². The van der Waals surface area contributed by atoms with Crippen LogP contribution in [0.25, 0.3) is 0 Å². The van der Waals surface area contributed by atoms with Gasteiger partial charge in [-0.05, 0) is 24.8 Å². The lowest BCUT2D eigenvalue weighted by molar-refractivity contribution is -0.125. The van der Waals surface area contributed by atoms with Gasteiger partial charge in [-0.15, -0.1) is 11.3 Å². The largest absolute Gasteiger partial charge is 0.391 e. The van der Waals surface area contributed by atoms with Crippen molar-refractivity contribution < 1.29 is 14.7 Å². The molecule has 0 saturated heterocycles. The molecule has 6 heteroatoms. The highest BCUT2D eigenvalue weighted by atomic mass is 32.1. The van der Waals surface area contributed by atoms with Crippen LogP contribution in [-0.4, -0.2) is 35.6 Å². The molecule has 0 unspecified atom stereocenters. The summed E-state index contributed by atoms with van der Waals surface area (Å²) in [6.07, 6.45) is 5.95. The summed E-state index contributed by atoms with van der Waals surface area (Å²) >= 11 is 1.30. The first-order chi connectivity index (χ1) is 11.1. The van der Waals surface area contributed by atoms with Crippen molar-refractivity contribution in [1.29, 1.82) is 0 Å². The Labute approximate surface area is 142 Å². The molecular formula is C17H28N2O3S. The molecule has 0 aromatic carbocycles. The molecule has 5 nitrogen and oxygen atoms in total. The topological polar surface area (TPSA) is 78.4 Å². The molecule has 23 heavy (non-hydrogen) atoms. The number of amides is 2. The summed E-state index contributed by atoms with van der Waals surface area (Å²) in [7, 11) is 0. The fourth-order valence-corrected chi connectivity index (χ4v) is 2.88. The number of hydrogen-bond donors (Lipinski definition) is 3. The third-order valence-corrected chi connectivity index (χ3v) is 4.49. The van der Waals surface area contributed by atoms with Crippen LogP contribution in [0.3, 0.4) is 0 Å². The average molecular weight is 340 g/mol. The smallest absolute Gasteiger partial charge is 0.262 e. The Morgan fingerprint density at radius 1 is 1.22 bits per heavy atom. The van der Waals surface area contributed by atoms with Crippen LogP contribution in [0.15, 0.2) is 17.5 Å². The molecule has 0 saturated carbocycles. The predicted octanol–water partition coefficient (Wildman–Crippen LogP) is 2.70. The van der Waals surface area contributed by atoms with Crippen molar-refractivity contribution in [2.75, 3.05) is 6.54 Å². The van der Waals surface area contributed by atoms with Gasteiger partial charge in [0.25, 0.3) is 5.91 Å². The summed E-state index contributed by atoms with van der Waals surface area (Å²) in [5.74, 6) is -0.668. The first-order valence-corrected chi connectivity index (χ1v) is 9.24. The molecule has 0 aliphatic carbocycles. The van der Waals surface area contributed by atoms with E-state index in [9.17, 15) is 14.7 Å². The maximum atomic E-state index is 12.1. The molecule has 0 aliphatic heterocycles. The Balaban J connectivity index is 2.33. The third-order valence-electron chi connectivity index (χ3n) is 3.63. The molecule has 1 rings (SSSR count). The van der Waals surface area contributed by atoms with Crippen LogP contribution in [0.5, 0.6) is 0 Å². The second-order valence-electron chi connectivity index (χ2n) is 5.73. The van der Waals surface area contributed by atoms with E-state index in [2.05, 4.69) is 17.6 Å². The Kier molecular flexibility index (Phi) is 9.55. The monoisotopic (exact) mass is 340 g/mol. The van der Waals surface area contributed by atoms with Crippen LogP contribution in [0.1, 0.15) is 62.0 Å². The second-order valence-corrected chi connectivity index (χ2v) is 6.68. The maximum Gasteiger partial charge on any atom is 0.262 e. The van der Waals surface area contributed by atoms with E-state index in [0.717, 1.165) is 12.8 Å². The maximum absolute atomic E-state index is 12.1. The minimum atomic E-state index is -0.941. The molecule has 2 atom stereocenters. The van der Waals surface area contributed by atoms with Gasteiger partial charge in [0.2, 0.25) is 5.91 Å². The summed E-state index contributed by atoms with van der Waals surface area (Å²) in [6, 6.07) is 2.53. The first kappa shape index (κ1) is 19.6. The molecule has 0 fully saturated rings. The van der Waals surface area contributed by atoms with Crippen molar-refractivity contribution in [2.24, 2.45) is 0 Å². The zero-order chi connectivity index (χ0) is 17.1. The van der Waals surface area contributed by atoms with Gasteiger partial charge < -0.3 is 15.7 Å². The molecule has 130 valence electrons. The number of carbonyl (C=O) groups is 2. The van der Waals surface area contributed by atoms with Gasteiger partial charge in [0.15, 0.2) is 0 Å². The number of aliphatic hydroxyl groups is 1. The Morgan fingerprint density at radius 2 is 1.91 bits per heavy atom. The van der Waals surface area contributed by atoms with Gasteiger partial charge in [-0.25, -0.2) is 0 Å². The van der Waals surface area contributed by atoms with Gasteiger partial charge in [-0.1, -0.05) is 45.1 Å². The van der Waals surface area contributed by atoms with E-state index in [4.69, 9.17) is 0 Å². The van der Waals surface area contributed by atoms with E-state index < -0.39 is 12.1 Å². The standard InChI is InChI=1S/C17H28N2O3S/c1-3-4-5-6-7-8-11-18-17(22)15(13(2)20)19-16(21)14-10-9-12-23-14/h9-10,12-13,15,20H,3-8,11H2,1-2H3,(H,18,22)(H,19,21)/t13-,15+/m1/s1. The van der Waals surface area contributed by atoms with Crippen LogP contribution in [-0.2, 0) is 4.79 Å². The molecule has 2 amide bonds. The molecule has 1 aromatic heterocycles. The predicted molar refractivity (Wildman–Crippen MR) is 93.6 cm³/mol. The van der Waals surface area contributed by atoms with E-state index >= 15 is 0 Å². The van der Waals surface area contributed by atoms with Crippen LogP contribution in [0.2, 0.25) is 0 Å². The highest BCUT2D eigenvalue weighted by Crippen LogP contribution is 2.09. The summed E-state index contributed by atoms with van der Waals surface area (Å²) in [5.41, 5.74) is 0. The zero-order valence-electron chi connectivity index (χ0n) is 14.0. The van der Waals surface area contributed by atoms with E-state index in [0.29, 0.717) is 11.4 Å². The van der Waals surface area contributed by atoms with Crippen molar-refractivity contribution in [1.82, 2.24) is 10.6 Å². The second kappa shape index (κ2) is 11.2. The van der Waals surface area contributed by atoms with Gasteiger partial charge in [0.1, 0.15) is 6.04 Å². The first-order valence-electron chi connectivity index (χ1n) is 8.36. The number of rotatable bonds is 11. The molecule has 0 spiro atoms. The molecule has 1 heterocycles. The van der Waals surface area contributed by atoms with Crippen LogP contribution < -0.4 is 10.6 Å². The summed E-state index contributed by atoms with van der Waals surface area (Å²) < 4.78 is 0. The van der Waals surface area contributed by atoms with E-state index in [1.165, 1.54) is 43.9 Å². The fourth-order valence-electron chi connectivity index (χ4n) is 2.25. The van der Waals surface area contributed by atoms with Crippen molar-refractivity contribution in [3.05, 3.63) is 22.4 Å². The normalized spacial score (nSPS) is 13.3. The van der Waals surface area contributed by atoms with Gasteiger partial charge in [0, 0.05) is 6.54 Å². The zero-order valence-corrected chi connectivity index (χ0v) is 14.8. The highest BCUT2D eigenvalue weighted by Gasteiger charge is 2.25. The number of hydrogen-bond acceptors (Lipinski definition) is 4. The summed E-state index contributed by atoms with van der Waals surface area (Å²) in [4.78, 5) is 24.7. The van der Waals surface area contributed by atoms with Gasteiger partial charge >= 0.3 is 0 Å². The number of aliphatic hydroxyl groups excluding tert-OH is 1. The summed E-state index contributed by atoms with van der Waals surface area (Å²) in [5, 5.41) is 16.9. The Bertz CT molecular complexity index is 460. The minimum absolute atomic E-state index is 0.333. The Hall–Kier alpha value is -1.40. The summed E-state index contributed by atoms with van der Waals surface area (Å²) in [6.45, 7) is 4.26. The van der Waals surface area contributed by atoms with Crippen LogP contribution in [0, 0.1) is 0 Å². The van der Waals surface area contributed by atoms with E-state index in [1.807, 2.05) is 0 Å². The Morgan fingerprint density at radius 3 is 2.52 bits per heavy atom. The SMILES string of the molecule is CCCCCCCCNC(=O)[C@@H](NC(=O)c1cccs1)[C@@H](C)O. The molecule has 1 aromatic rings.